The molecule has 0 radical (unpaired) electrons. The van der Waals surface area contributed by atoms with Crippen LogP contribution in [0.5, 0.6) is 0 Å². The second kappa shape index (κ2) is 14.8. The normalized spacial score (nSPS) is 12.6. The molecule has 0 saturated heterocycles. The molecule has 0 atom stereocenters. The van der Waals surface area contributed by atoms with Crippen molar-refractivity contribution in [1.82, 2.24) is 9.97 Å². The van der Waals surface area contributed by atoms with E-state index in [0.717, 1.165) is 39.2 Å². The van der Waals surface area contributed by atoms with Crippen LogP contribution in [0.2, 0.25) is 0 Å². The van der Waals surface area contributed by atoms with Gasteiger partial charge in [-0.3, -0.25) is 0 Å². The Morgan fingerprint density at radius 3 is 1.63 bits per heavy atom. The monoisotopic (exact) mass is 806 g/mol. The highest BCUT2D eigenvalue weighted by Gasteiger charge is 2.47. The van der Waals surface area contributed by atoms with E-state index in [2.05, 4.69) is 224 Å². The SMILES string of the molecule is c1ccc(-c2nc(-c3cccc(-c4ccc5sc6ccccc6c5c4)c3)cc(-c3ccccc3-c3cccc4c3C(c3ccccc3)(c3ccccc3)c3ccccc3-4)n2)cc1. The summed E-state index contributed by atoms with van der Waals surface area (Å²) >= 11 is 1.85. The summed E-state index contributed by atoms with van der Waals surface area (Å²) in [5.74, 6) is 0.693. The molecule has 1 aliphatic rings. The Morgan fingerprint density at radius 2 is 0.855 bits per heavy atom. The summed E-state index contributed by atoms with van der Waals surface area (Å²) in [6.07, 6.45) is 0. The smallest absolute Gasteiger partial charge is 0.160 e. The number of rotatable bonds is 7. The van der Waals surface area contributed by atoms with Crippen LogP contribution in [-0.2, 0) is 5.41 Å². The van der Waals surface area contributed by atoms with Crippen molar-refractivity contribution in [2.45, 2.75) is 5.41 Å². The number of hydrogen-bond donors (Lipinski definition) is 0. The maximum absolute atomic E-state index is 5.40. The van der Waals surface area contributed by atoms with Gasteiger partial charge >= 0.3 is 0 Å². The third-order valence-corrected chi connectivity index (χ3v) is 13.7. The molecule has 0 unspecified atom stereocenters. The Balaban J connectivity index is 1.06. The predicted molar refractivity (Wildman–Crippen MR) is 259 cm³/mol. The molecular weight excluding hydrogens is 769 g/mol. The topological polar surface area (TPSA) is 25.8 Å². The van der Waals surface area contributed by atoms with Crippen LogP contribution in [0.15, 0.2) is 231 Å². The molecule has 290 valence electrons. The van der Waals surface area contributed by atoms with E-state index in [-0.39, 0.29) is 0 Å². The molecule has 2 nitrogen and oxygen atoms in total. The third kappa shape index (κ3) is 5.78. The quantitative estimate of drug-likeness (QED) is 0.160. The van der Waals surface area contributed by atoms with Crippen molar-refractivity contribution < 1.29 is 0 Å². The van der Waals surface area contributed by atoms with E-state index in [4.69, 9.17) is 9.97 Å². The lowest BCUT2D eigenvalue weighted by molar-refractivity contribution is 0.770. The third-order valence-electron chi connectivity index (χ3n) is 12.6. The van der Waals surface area contributed by atoms with Crippen molar-refractivity contribution in [1.29, 1.82) is 0 Å². The summed E-state index contributed by atoms with van der Waals surface area (Å²) in [7, 11) is 0. The molecule has 0 spiro atoms. The van der Waals surface area contributed by atoms with Gasteiger partial charge in [-0.05, 0) is 86.0 Å². The summed E-state index contributed by atoms with van der Waals surface area (Å²) < 4.78 is 2.61. The van der Waals surface area contributed by atoms with Crippen LogP contribution in [0.4, 0.5) is 0 Å². The number of benzene rings is 9. The van der Waals surface area contributed by atoms with Crippen molar-refractivity contribution in [3.8, 4) is 67.3 Å². The second-order valence-corrected chi connectivity index (χ2v) is 17.1. The minimum Gasteiger partial charge on any atom is -0.228 e. The summed E-state index contributed by atoms with van der Waals surface area (Å²) in [5.41, 5.74) is 16.5. The molecule has 1 aliphatic carbocycles. The minimum atomic E-state index is -0.553. The van der Waals surface area contributed by atoms with Crippen molar-refractivity contribution in [3.63, 3.8) is 0 Å². The standard InChI is InChI=1S/C59H38N2S/c1-4-18-39(19-5-1)58-60-53(42-21-16-20-40(36-42)41-34-35-56-51(37-41)48-29-13-15-33-55(48)62-56)38-54(61-58)47-28-11-10-26-45(47)49-30-17-31-50-46-27-12-14-32-52(46)59(57(49)50,43-22-6-2-7-23-43)44-24-8-3-9-25-44/h1-38H. The Labute approximate surface area is 365 Å². The Morgan fingerprint density at radius 1 is 0.323 bits per heavy atom. The first kappa shape index (κ1) is 36.2. The molecule has 62 heavy (non-hydrogen) atoms. The van der Waals surface area contributed by atoms with Gasteiger partial charge in [-0.2, -0.15) is 0 Å². The summed E-state index contributed by atoms with van der Waals surface area (Å²) in [4.78, 5) is 10.7. The fourth-order valence-electron chi connectivity index (χ4n) is 9.88. The second-order valence-electron chi connectivity index (χ2n) is 16.0. The van der Waals surface area contributed by atoms with Gasteiger partial charge in [0, 0.05) is 36.9 Å². The number of fused-ring (bicyclic) bond motifs is 6. The molecule has 2 aromatic heterocycles. The van der Waals surface area contributed by atoms with Gasteiger partial charge in [0.25, 0.3) is 0 Å². The Kier molecular flexibility index (Phi) is 8.62. The average molecular weight is 807 g/mol. The molecule has 11 aromatic rings. The van der Waals surface area contributed by atoms with Crippen LogP contribution in [0.1, 0.15) is 22.3 Å². The molecule has 9 aromatic carbocycles. The summed E-state index contributed by atoms with van der Waals surface area (Å²) in [6, 6.07) is 83.5. The molecule has 0 aliphatic heterocycles. The molecule has 2 heterocycles. The van der Waals surface area contributed by atoms with E-state index in [1.54, 1.807) is 0 Å². The first-order chi connectivity index (χ1) is 30.7. The van der Waals surface area contributed by atoms with Crippen LogP contribution in [0.3, 0.4) is 0 Å². The zero-order chi connectivity index (χ0) is 41.0. The maximum Gasteiger partial charge on any atom is 0.160 e. The fraction of sp³-hybridized carbons (Fsp3) is 0.0169. The van der Waals surface area contributed by atoms with Crippen LogP contribution < -0.4 is 0 Å². The fourth-order valence-corrected chi connectivity index (χ4v) is 11.0. The number of nitrogens with zero attached hydrogens (tertiary/aromatic N) is 2. The maximum atomic E-state index is 5.40. The summed E-state index contributed by atoms with van der Waals surface area (Å²) in [5, 5.41) is 2.59. The zero-order valence-electron chi connectivity index (χ0n) is 33.7. The molecule has 0 amide bonds. The lowest BCUT2D eigenvalue weighted by Crippen LogP contribution is -2.29. The lowest BCUT2D eigenvalue weighted by Gasteiger charge is -2.35. The van der Waals surface area contributed by atoms with Crippen LogP contribution in [0, 0.1) is 0 Å². The van der Waals surface area contributed by atoms with Gasteiger partial charge in [-0.15, -0.1) is 11.3 Å². The lowest BCUT2D eigenvalue weighted by atomic mass is 9.66. The highest BCUT2D eigenvalue weighted by Crippen LogP contribution is 2.59. The first-order valence-electron chi connectivity index (χ1n) is 21.1. The van der Waals surface area contributed by atoms with E-state index in [0.29, 0.717) is 5.82 Å². The van der Waals surface area contributed by atoms with Crippen LogP contribution in [0.25, 0.3) is 87.5 Å². The van der Waals surface area contributed by atoms with Crippen molar-refractivity contribution in [3.05, 3.63) is 253 Å². The number of thiophene rings is 1. The minimum absolute atomic E-state index is 0.553. The van der Waals surface area contributed by atoms with Gasteiger partial charge in [-0.25, -0.2) is 9.97 Å². The van der Waals surface area contributed by atoms with Gasteiger partial charge in [0.2, 0.25) is 0 Å². The van der Waals surface area contributed by atoms with E-state index in [9.17, 15) is 0 Å². The Bertz CT molecular complexity index is 3420. The molecule has 0 bridgehead atoms. The van der Waals surface area contributed by atoms with E-state index < -0.39 is 5.41 Å². The zero-order valence-corrected chi connectivity index (χ0v) is 34.6. The van der Waals surface area contributed by atoms with Gasteiger partial charge in [-0.1, -0.05) is 200 Å². The van der Waals surface area contributed by atoms with Crippen molar-refractivity contribution >= 4 is 31.5 Å². The number of hydrogen-bond acceptors (Lipinski definition) is 3. The van der Waals surface area contributed by atoms with E-state index >= 15 is 0 Å². The van der Waals surface area contributed by atoms with E-state index in [1.807, 2.05) is 17.4 Å². The first-order valence-corrected chi connectivity index (χ1v) is 22.0. The van der Waals surface area contributed by atoms with Gasteiger partial charge in [0.05, 0.1) is 16.8 Å². The highest BCUT2D eigenvalue weighted by molar-refractivity contribution is 7.25. The molecule has 12 rings (SSSR count). The number of aromatic nitrogens is 2. The van der Waals surface area contributed by atoms with Gasteiger partial charge in [0.1, 0.15) is 0 Å². The largest absolute Gasteiger partial charge is 0.228 e. The van der Waals surface area contributed by atoms with E-state index in [1.165, 1.54) is 64.7 Å². The van der Waals surface area contributed by atoms with Crippen molar-refractivity contribution in [2.75, 3.05) is 0 Å². The Hall–Kier alpha value is -7.72. The van der Waals surface area contributed by atoms with Gasteiger partial charge in [0.15, 0.2) is 5.82 Å². The highest BCUT2D eigenvalue weighted by atomic mass is 32.1. The van der Waals surface area contributed by atoms with Crippen molar-refractivity contribution in [2.24, 2.45) is 0 Å². The molecule has 0 N–H and O–H groups in total. The molecule has 0 saturated carbocycles. The van der Waals surface area contributed by atoms with Crippen LogP contribution >= 0.6 is 11.3 Å². The average Bonchev–Trinajstić information content (AvgIpc) is 3.88. The molecule has 0 fully saturated rings. The van der Waals surface area contributed by atoms with Gasteiger partial charge < -0.3 is 0 Å². The summed E-state index contributed by atoms with van der Waals surface area (Å²) in [6.45, 7) is 0. The predicted octanol–water partition coefficient (Wildman–Crippen LogP) is 15.5. The molecule has 3 heteroatoms. The molecular formula is C59H38N2S. The van der Waals surface area contributed by atoms with Crippen LogP contribution in [-0.4, -0.2) is 9.97 Å².